The third-order valence-electron chi connectivity index (χ3n) is 4.09. The van der Waals surface area contributed by atoms with Gasteiger partial charge in [0, 0.05) is 45.6 Å². The molecule has 28 heavy (non-hydrogen) atoms. The molecule has 0 aromatic heterocycles. The topological polar surface area (TPSA) is 68.4 Å². The molecule has 5 nitrogen and oxygen atoms in total. The van der Waals surface area contributed by atoms with Gasteiger partial charge in [-0.2, -0.15) is 0 Å². The van der Waals surface area contributed by atoms with Crippen molar-refractivity contribution in [2.45, 2.75) is 12.8 Å². The smallest absolute Gasteiger partial charge is 0.124 e. The van der Waals surface area contributed by atoms with E-state index < -0.39 is 0 Å². The van der Waals surface area contributed by atoms with Crippen molar-refractivity contribution < 1.29 is 10.2 Å². The summed E-state index contributed by atoms with van der Waals surface area (Å²) in [5.41, 5.74) is 1.44. The van der Waals surface area contributed by atoms with Crippen molar-refractivity contribution in [2.75, 3.05) is 33.2 Å². The first kappa shape index (κ1) is 22.6. The van der Waals surface area contributed by atoms with Crippen LogP contribution in [0.2, 0.25) is 0 Å². The minimum absolute atomic E-state index is 0.237. The summed E-state index contributed by atoms with van der Waals surface area (Å²) in [6.45, 7) is 3.35. The van der Waals surface area contributed by atoms with Crippen molar-refractivity contribution >= 4 is 44.3 Å². The maximum absolute atomic E-state index is 9.77. The molecule has 0 radical (unpaired) electrons. The Labute approximate surface area is 183 Å². The first-order chi connectivity index (χ1) is 13.5. The summed E-state index contributed by atoms with van der Waals surface area (Å²) >= 11 is 6.78. The summed E-state index contributed by atoms with van der Waals surface area (Å²) < 4.78 is 1.84. The SMILES string of the molecule is CN(CCCN=Cc1cc(Br)ccc1O)CCCN=Cc1cc(Br)ccc1O. The summed E-state index contributed by atoms with van der Waals surface area (Å²) in [7, 11) is 2.09. The zero-order chi connectivity index (χ0) is 20.4. The second kappa shape index (κ2) is 12.0. The summed E-state index contributed by atoms with van der Waals surface area (Å²) in [6, 6.07) is 10.6. The van der Waals surface area contributed by atoms with Crippen LogP contribution in [0, 0.1) is 0 Å². The van der Waals surface area contributed by atoms with Gasteiger partial charge in [-0.05, 0) is 69.4 Å². The van der Waals surface area contributed by atoms with Gasteiger partial charge < -0.3 is 15.1 Å². The van der Waals surface area contributed by atoms with Crippen molar-refractivity contribution in [1.29, 1.82) is 0 Å². The van der Waals surface area contributed by atoms with Crippen LogP contribution in [0.1, 0.15) is 24.0 Å². The lowest BCUT2D eigenvalue weighted by atomic mass is 10.2. The molecule has 0 heterocycles. The standard InChI is InChI=1S/C21H25Br2N3O2/c1-26(10-2-8-24-14-16-12-18(22)4-6-20(16)27)11-3-9-25-15-17-13-19(23)5-7-21(17)28/h4-7,12-15,27-28H,2-3,8-11H2,1H3. The molecule has 7 heteroatoms. The number of hydrogen-bond acceptors (Lipinski definition) is 5. The van der Waals surface area contributed by atoms with Crippen LogP contribution in [-0.4, -0.2) is 60.8 Å². The first-order valence-corrected chi connectivity index (χ1v) is 10.7. The Morgan fingerprint density at radius 2 is 1.25 bits per heavy atom. The van der Waals surface area contributed by atoms with Gasteiger partial charge in [0.15, 0.2) is 0 Å². The van der Waals surface area contributed by atoms with Gasteiger partial charge in [0.05, 0.1) is 0 Å². The Balaban J connectivity index is 1.62. The van der Waals surface area contributed by atoms with Gasteiger partial charge >= 0.3 is 0 Å². The molecule has 0 fully saturated rings. The molecule has 150 valence electrons. The number of nitrogens with zero attached hydrogens (tertiary/aromatic N) is 3. The molecule has 2 aromatic rings. The molecule has 0 aliphatic rings. The van der Waals surface area contributed by atoms with Crippen molar-refractivity contribution in [2.24, 2.45) is 9.98 Å². The highest BCUT2D eigenvalue weighted by atomic mass is 79.9. The number of benzene rings is 2. The van der Waals surface area contributed by atoms with Crippen LogP contribution in [0.4, 0.5) is 0 Å². The molecule has 0 amide bonds. The molecule has 0 unspecified atom stereocenters. The summed E-state index contributed by atoms with van der Waals surface area (Å²) in [6.07, 6.45) is 5.34. The zero-order valence-electron chi connectivity index (χ0n) is 15.9. The number of hydrogen-bond donors (Lipinski definition) is 2. The van der Waals surface area contributed by atoms with E-state index in [4.69, 9.17) is 0 Å². The Morgan fingerprint density at radius 1 is 0.821 bits per heavy atom. The van der Waals surface area contributed by atoms with Gasteiger partial charge in [-0.15, -0.1) is 0 Å². The van der Waals surface area contributed by atoms with Gasteiger partial charge in [0.25, 0.3) is 0 Å². The lowest BCUT2D eigenvalue weighted by Gasteiger charge is -2.14. The summed E-state index contributed by atoms with van der Waals surface area (Å²) in [4.78, 5) is 11.0. The second-order valence-electron chi connectivity index (χ2n) is 6.49. The van der Waals surface area contributed by atoms with E-state index in [1.54, 1.807) is 36.7 Å². The summed E-state index contributed by atoms with van der Waals surface area (Å²) in [5, 5.41) is 19.5. The Hall–Kier alpha value is -1.70. The fourth-order valence-corrected chi connectivity index (χ4v) is 3.32. The third-order valence-corrected chi connectivity index (χ3v) is 5.08. The number of phenolic OH excluding ortho intramolecular Hbond substituents is 2. The van der Waals surface area contributed by atoms with Gasteiger partial charge in [0.2, 0.25) is 0 Å². The maximum Gasteiger partial charge on any atom is 0.124 e. The molecular formula is C21H25Br2N3O2. The van der Waals surface area contributed by atoms with E-state index in [1.807, 2.05) is 12.1 Å². The first-order valence-electron chi connectivity index (χ1n) is 9.11. The lowest BCUT2D eigenvalue weighted by Crippen LogP contribution is -2.22. The molecule has 2 rings (SSSR count). The molecule has 2 N–H and O–H groups in total. The number of rotatable bonds is 10. The molecule has 0 spiro atoms. The molecular weight excluding hydrogens is 486 g/mol. The molecule has 2 aromatic carbocycles. The van der Waals surface area contributed by atoms with Crippen molar-refractivity contribution in [3.8, 4) is 11.5 Å². The predicted molar refractivity (Wildman–Crippen MR) is 123 cm³/mol. The van der Waals surface area contributed by atoms with Crippen molar-refractivity contribution in [1.82, 2.24) is 4.90 Å². The van der Waals surface area contributed by atoms with E-state index in [1.165, 1.54) is 0 Å². The Kier molecular flexibility index (Phi) is 9.67. The highest BCUT2D eigenvalue weighted by Gasteiger charge is 2.00. The highest BCUT2D eigenvalue weighted by molar-refractivity contribution is 9.10. The average molecular weight is 511 g/mol. The minimum atomic E-state index is 0.237. The van der Waals surface area contributed by atoms with Gasteiger partial charge in [-0.1, -0.05) is 31.9 Å². The van der Waals surface area contributed by atoms with Crippen LogP contribution in [0.15, 0.2) is 55.3 Å². The van der Waals surface area contributed by atoms with E-state index in [-0.39, 0.29) is 11.5 Å². The van der Waals surface area contributed by atoms with Gasteiger partial charge in [0.1, 0.15) is 11.5 Å². The highest BCUT2D eigenvalue weighted by Crippen LogP contribution is 2.20. The van der Waals surface area contributed by atoms with Crippen LogP contribution < -0.4 is 0 Å². The Morgan fingerprint density at radius 3 is 1.68 bits per heavy atom. The third kappa shape index (κ3) is 8.12. The van der Waals surface area contributed by atoms with Crippen LogP contribution in [0.5, 0.6) is 11.5 Å². The normalized spacial score (nSPS) is 11.9. The lowest BCUT2D eigenvalue weighted by molar-refractivity contribution is 0.329. The van der Waals surface area contributed by atoms with Crippen LogP contribution in [0.25, 0.3) is 0 Å². The minimum Gasteiger partial charge on any atom is -0.507 e. The molecule has 0 saturated heterocycles. The van der Waals surface area contributed by atoms with Crippen molar-refractivity contribution in [3.05, 3.63) is 56.5 Å². The van der Waals surface area contributed by atoms with E-state index >= 15 is 0 Å². The van der Waals surface area contributed by atoms with Gasteiger partial charge in [-0.25, -0.2) is 0 Å². The fourth-order valence-electron chi connectivity index (χ4n) is 2.56. The predicted octanol–water partition coefficient (Wildman–Crippen LogP) is 4.87. The fraction of sp³-hybridized carbons (Fsp3) is 0.333. The van der Waals surface area contributed by atoms with E-state index in [9.17, 15) is 10.2 Å². The Bertz CT molecular complexity index is 758. The quantitative estimate of drug-likeness (QED) is 0.354. The zero-order valence-corrected chi connectivity index (χ0v) is 19.0. The average Bonchev–Trinajstić information content (AvgIpc) is 2.66. The molecule has 0 saturated carbocycles. The second-order valence-corrected chi connectivity index (χ2v) is 8.32. The number of halogens is 2. The van der Waals surface area contributed by atoms with Crippen molar-refractivity contribution in [3.63, 3.8) is 0 Å². The number of phenols is 2. The van der Waals surface area contributed by atoms with Crippen LogP contribution in [-0.2, 0) is 0 Å². The molecule has 0 atom stereocenters. The molecule has 0 aliphatic heterocycles. The number of aromatic hydroxyl groups is 2. The van der Waals surface area contributed by atoms with E-state index in [2.05, 4.69) is 53.8 Å². The van der Waals surface area contributed by atoms with E-state index in [0.29, 0.717) is 0 Å². The maximum atomic E-state index is 9.77. The summed E-state index contributed by atoms with van der Waals surface area (Å²) in [5.74, 6) is 0.474. The molecule has 0 aliphatic carbocycles. The molecule has 0 bridgehead atoms. The van der Waals surface area contributed by atoms with Crippen LogP contribution in [0.3, 0.4) is 0 Å². The monoisotopic (exact) mass is 509 g/mol. The van der Waals surface area contributed by atoms with Gasteiger partial charge in [-0.3, -0.25) is 9.98 Å². The van der Waals surface area contributed by atoms with E-state index in [0.717, 1.165) is 59.1 Å². The van der Waals surface area contributed by atoms with Crippen LogP contribution >= 0.6 is 31.9 Å². The number of aliphatic imine (C=N–C) groups is 2. The largest absolute Gasteiger partial charge is 0.507 e.